The minimum Gasteiger partial charge on any atom is -0.289 e. The molecule has 1 aliphatic heterocycles. The molecule has 0 amide bonds. The second-order valence-electron chi connectivity index (χ2n) is 2.84. The molecule has 8 heteroatoms. The SMILES string of the molecule is O=[N+]([O-])C1CNC(Cl)C([N+](=O)[O-])C1. The smallest absolute Gasteiger partial charge is 0.248 e. The maximum absolute atomic E-state index is 10.4. The highest BCUT2D eigenvalue weighted by molar-refractivity contribution is 6.20. The quantitative estimate of drug-likeness (QED) is 0.295. The van der Waals surface area contributed by atoms with Crippen molar-refractivity contribution in [1.82, 2.24) is 5.32 Å². The first-order chi connectivity index (χ1) is 6.02. The molecule has 3 unspecified atom stereocenters. The number of piperidine rings is 1. The maximum atomic E-state index is 10.4. The molecule has 0 aliphatic carbocycles. The number of rotatable bonds is 2. The van der Waals surface area contributed by atoms with Gasteiger partial charge in [0.1, 0.15) is 0 Å². The Bertz CT molecular complexity index is 236. The van der Waals surface area contributed by atoms with Gasteiger partial charge >= 0.3 is 0 Å². The van der Waals surface area contributed by atoms with Gasteiger partial charge < -0.3 is 0 Å². The summed E-state index contributed by atoms with van der Waals surface area (Å²) < 4.78 is 0. The second kappa shape index (κ2) is 3.84. The molecule has 0 spiro atoms. The molecule has 1 saturated heterocycles. The van der Waals surface area contributed by atoms with Crippen LogP contribution in [0.1, 0.15) is 6.42 Å². The third-order valence-corrected chi connectivity index (χ3v) is 2.41. The Hall–Kier alpha value is -0.950. The zero-order chi connectivity index (χ0) is 10.0. The average Bonchev–Trinajstić information content (AvgIpc) is 2.04. The molecule has 7 nitrogen and oxygen atoms in total. The van der Waals surface area contributed by atoms with Crippen molar-refractivity contribution in [3.63, 3.8) is 0 Å². The molecule has 0 saturated carbocycles. The highest BCUT2D eigenvalue weighted by atomic mass is 35.5. The van der Waals surface area contributed by atoms with E-state index < -0.39 is 27.4 Å². The van der Waals surface area contributed by atoms with Crippen LogP contribution in [-0.4, -0.2) is 34.0 Å². The number of nitrogens with zero attached hydrogens (tertiary/aromatic N) is 2. The van der Waals surface area contributed by atoms with E-state index >= 15 is 0 Å². The van der Waals surface area contributed by atoms with E-state index in [2.05, 4.69) is 5.32 Å². The lowest BCUT2D eigenvalue weighted by Crippen LogP contribution is -2.53. The van der Waals surface area contributed by atoms with Crippen LogP contribution in [0.2, 0.25) is 0 Å². The summed E-state index contributed by atoms with van der Waals surface area (Å²) in [7, 11) is 0. The van der Waals surface area contributed by atoms with E-state index in [9.17, 15) is 20.2 Å². The standard InChI is InChI=1S/C5H8ClN3O4/c6-5-4(9(12)13)1-3(2-7-5)8(10)11/h3-5,7H,1-2H2. The number of alkyl halides is 1. The Morgan fingerprint density at radius 3 is 2.38 bits per heavy atom. The third kappa shape index (κ3) is 2.25. The fourth-order valence-electron chi connectivity index (χ4n) is 1.22. The van der Waals surface area contributed by atoms with Gasteiger partial charge in [-0.2, -0.15) is 0 Å². The van der Waals surface area contributed by atoms with Gasteiger partial charge in [-0.25, -0.2) is 0 Å². The minimum atomic E-state index is -1.08. The molecule has 3 atom stereocenters. The lowest BCUT2D eigenvalue weighted by Gasteiger charge is -2.23. The van der Waals surface area contributed by atoms with Crippen LogP contribution in [0.3, 0.4) is 0 Å². The van der Waals surface area contributed by atoms with Crippen LogP contribution in [-0.2, 0) is 0 Å². The molecule has 1 heterocycles. The van der Waals surface area contributed by atoms with Gasteiger partial charge in [0.25, 0.3) is 0 Å². The summed E-state index contributed by atoms with van der Waals surface area (Å²) >= 11 is 5.57. The summed E-state index contributed by atoms with van der Waals surface area (Å²) in [6.07, 6.45) is -0.110. The van der Waals surface area contributed by atoms with E-state index in [0.717, 1.165) is 0 Å². The van der Waals surface area contributed by atoms with Crippen LogP contribution in [0.5, 0.6) is 0 Å². The van der Waals surface area contributed by atoms with Gasteiger partial charge in [-0.15, -0.1) is 0 Å². The fraction of sp³-hybridized carbons (Fsp3) is 1.00. The summed E-state index contributed by atoms with van der Waals surface area (Å²) in [5.41, 5.74) is -0.814. The number of halogens is 1. The lowest BCUT2D eigenvalue weighted by atomic mass is 10.0. The second-order valence-corrected chi connectivity index (χ2v) is 3.31. The van der Waals surface area contributed by atoms with Crippen LogP contribution < -0.4 is 5.32 Å². The van der Waals surface area contributed by atoms with E-state index in [1.54, 1.807) is 0 Å². The van der Waals surface area contributed by atoms with Gasteiger partial charge in [-0.3, -0.25) is 25.5 Å². The molecule has 1 rings (SSSR count). The largest absolute Gasteiger partial charge is 0.289 e. The van der Waals surface area contributed by atoms with Gasteiger partial charge in [0.05, 0.1) is 13.0 Å². The van der Waals surface area contributed by atoms with Crippen molar-refractivity contribution in [3.8, 4) is 0 Å². The summed E-state index contributed by atoms with van der Waals surface area (Å²) in [6, 6.07) is -1.99. The topological polar surface area (TPSA) is 98.3 Å². The molecule has 1 N–H and O–H groups in total. The third-order valence-electron chi connectivity index (χ3n) is 1.97. The molecule has 74 valence electrons. The van der Waals surface area contributed by atoms with Crippen LogP contribution in [0, 0.1) is 20.2 Å². The molecule has 1 fully saturated rings. The Morgan fingerprint density at radius 1 is 1.31 bits per heavy atom. The maximum Gasteiger partial charge on any atom is 0.248 e. The van der Waals surface area contributed by atoms with Gasteiger partial charge in [0.2, 0.25) is 12.1 Å². The summed E-state index contributed by atoms with van der Waals surface area (Å²) in [5.74, 6) is 0. The number of hydrogen-bond acceptors (Lipinski definition) is 5. The first-order valence-electron chi connectivity index (χ1n) is 3.67. The van der Waals surface area contributed by atoms with Crippen LogP contribution in [0.4, 0.5) is 0 Å². The summed E-state index contributed by atoms with van der Waals surface area (Å²) in [6.45, 7) is 0.0888. The number of nitrogens with one attached hydrogen (secondary N) is 1. The molecule has 1 aliphatic rings. The van der Waals surface area contributed by atoms with Crippen molar-refractivity contribution in [2.75, 3.05) is 6.54 Å². The molecule has 0 aromatic carbocycles. The van der Waals surface area contributed by atoms with Gasteiger partial charge in [0.15, 0.2) is 5.50 Å². The Labute approximate surface area is 78.4 Å². The summed E-state index contributed by atoms with van der Waals surface area (Å²) in [5, 5.41) is 23.2. The molecular formula is C5H8ClN3O4. The van der Waals surface area contributed by atoms with Crippen LogP contribution in [0.15, 0.2) is 0 Å². The molecule has 0 bridgehead atoms. The Morgan fingerprint density at radius 2 is 1.92 bits per heavy atom. The van der Waals surface area contributed by atoms with Crippen molar-refractivity contribution in [3.05, 3.63) is 20.2 Å². The Balaban J connectivity index is 2.63. The minimum absolute atomic E-state index is 0.0888. The van der Waals surface area contributed by atoms with Crippen molar-refractivity contribution < 1.29 is 9.85 Å². The summed E-state index contributed by atoms with van der Waals surface area (Å²) in [4.78, 5) is 19.6. The monoisotopic (exact) mass is 209 g/mol. The fourth-order valence-corrected chi connectivity index (χ4v) is 1.50. The first-order valence-corrected chi connectivity index (χ1v) is 4.10. The number of hydrogen-bond donors (Lipinski definition) is 1. The van der Waals surface area contributed by atoms with Gasteiger partial charge in [0, 0.05) is 9.85 Å². The van der Waals surface area contributed by atoms with E-state index in [0.29, 0.717) is 0 Å². The van der Waals surface area contributed by atoms with Crippen molar-refractivity contribution in [1.29, 1.82) is 0 Å². The van der Waals surface area contributed by atoms with Crippen molar-refractivity contribution in [2.45, 2.75) is 24.0 Å². The zero-order valence-electron chi connectivity index (χ0n) is 6.55. The molecular weight excluding hydrogens is 202 g/mol. The normalized spacial score (nSPS) is 34.1. The molecule has 0 aromatic heterocycles. The van der Waals surface area contributed by atoms with Crippen LogP contribution in [0.25, 0.3) is 0 Å². The highest BCUT2D eigenvalue weighted by Crippen LogP contribution is 2.16. The van der Waals surface area contributed by atoms with E-state index in [1.165, 1.54) is 0 Å². The lowest BCUT2D eigenvalue weighted by molar-refractivity contribution is -0.566. The predicted molar refractivity (Wildman–Crippen MR) is 43.8 cm³/mol. The zero-order valence-corrected chi connectivity index (χ0v) is 7.31. The van der Waals surface area contributed by atoms with Crippen molar-refractivity contribution >= 4 is 11.6 Å². The van der Waals surface area contributed by atoms with Gasteiger partial charge in [-0.1, -0.05) is 11.6 Å². The number of nitro groups is 2. The highest BCUT2D eigenvalue weighted by Gasteiger charge is 2.42. The average molecular weight is 210 g/mol. The predicted octanol–water partition coefficient (Wildman–Crippen LogP) is -0.165. The van der Waals surface area contributed by atoms with Crippen molar-refractivity contribution in [2.24, 2.45) is 0 Å². The molecule has 0 aromatic rings. The van der Waals surface area contributed by atoms with Crippen LogP contribution >= 0.6 is 11.6 Å². The first kappa shape index (κ1) is 10.1. The Kier molecular flexibility index (Phi) is 2.99. The molecule has 13 heavy (non-hydrogen) atoms. The van der Waals surface area contributed by atoms with E-state index in [4.69, 9.17) is 11.6 Å². The van der Waals surface area contributed by atoms with E-state index in [1.807, 2.05) is 0 Å². The molecule has 0 radical (unpaired) electrons. The van der Waals surface area contributed by atoms with E-state index in [-0.39, 0.29) is 13.0 Å². The van der Waals surface area contributed by atoms with Gasteiger partial charge in [-0.05, 0) is 0 Å².